The second-order valence-electron chi connectivity index (χ2n) is 2.76. The monoisotopic (exact) mass is 238 g/mol. The third-order valence-corrected chi connectivity index (χ3v) is 4.34. The molecule has 0 bridgehead atoms. The average Bonchev–Trinajstić information content (AvgIpc) is 2.40. The standard InChI is InChI=1S/C8H15OS.BrH/c1-2-8(9)7-10-5-3-4-6-10;/h2-7H2,1H3;1H/q+1;/p-1. The third-order valence-electron chi connectivity index (χ3n) is 1.88. The van der Waals surface area contributed by atoms with E-state index in [9.17, 15) is 4.79 Å². The first-order valence-corrected chi connectivity index (χ1v) is 5.72. The molecule has 1 saturated heterocycles. The van der Waals surface area contributed by atoms with Crippen molar-refractivity contribution in [3.05, 3.63) is 0 Å². The van der Waals surface area contributed by atoms with Gasteiger partial charge in [0.05, 0.1) is 0 Å². The lowest BCUT2D eigenvalue weighted by molar-refractivity contribution is -0.116. The van der Waals surface area contributed by atoms with Gasteiger partial charge in [0.25, 0.3) is 0 Å². The van der Waals surface area contributed by atoms with Crippen LogP contribution in [0.3, 0.4) is 0 Å². The van der Waals surface area contributed by atoms with Crippen molar-refractivity contribution >= 4 is 16.7 Å². The number of ketones is 1. The van der Waals surface area contributed by atoms with Crippen molar-refractivity contribution in [2.45, 2.75) is 26.2 Å². The van der Waals surface area contributed by atoms with Gasteiger partial charge in [-0.05, 0) is 23.7 Å². The van der Waals surface area contributed by atoms with Crippen LogP contribution in [0.4, 0.5) is 0 Å². The zero-order valence-electron chi connectivity index (χ0n) is 6.94. The number of hydrogen-bond acceptors (Lipinski definition) is 1. The summed E-state index contributed by atoms with van der Waals surface area (Å²) in [6.07, 6.45) is 3.46. The predicted molar refractivity (Wildman–Crippen MR) is 46.5 cm³/mol. The zero-order valence-corrected chi connectivity index (χ0v) is 9.34. The fourth-order valence-electron chi connectivity index (χ4n) is 1.19. The molecule has 0 aromatic heterocycles. The molecule has 0 spiro atoms. The molecule has 0 aromatic rings. The number of halogens is 1. The van der Waals surface area contributed by atoms with Gasteiger partial charge in [0, 0.05) is 6.42 Å². The largest absolute Gasteiger partial charge is 1.00 e. The molecule has 0 aromatic carbocycles. The highest BCUT2D eigenvalue weighted by atomic mass is 79.9. The van der Waals surface area contributed by atoms with Crippen LogP contribution in [0.25, 0.3) is 0 Å². The van der Waals surface area contributed by atoms with E-state index in [0.29, 0.717) is 16.7 Å². The molecular formula is C8H15BrOS. The van der Waals surface area contributed by atoms with Crippen molar-refractivity contribution in [3.63, 3.8) is 0 Å². The van der Waals surface area contributed by atoms with E-state index in [2.05, 4.69) is 0 Å². The summed E-state index contributed by atoms with van der Waals surface area (Å²) in [7, 11) is 0.493. The molecule has 1 rings (SSSR count). The van der Waals surface area contributed by atoms with Gasteiger partial charge in [0.2, 0.25) is 0 Å². The summed E-state index contributed by atoms with van der Waals surface area (Å²) in [5.41, 5.74) is 0. The van der Waals surface area contributed by atoms with Crippen LogP contribution in [0.2, 0.25) is 0 Å². The van der Waals surface area contributed by atoms with Crippen molar-refractivity contribution in [1.82, 2.24) is 0 Å². The SMILES string of the molecule is CCC(=O)C[S+]1CCCC1.[Br-]. The van der Waals surface area contributed by atoms with Crippen molar-refractivity contribution < 1.29 is 21.8 Å². The van der Waals surface area contributed by atoms with Gasteiger partial charge in [-0.25, -0.2) is 0 Å². The van der Waals surface area contributed by atoms with Gasteiger partial charge in [-0.3, -0.25) is 4.79 Å². The molecule has 0 unspecified atom stereocenters. The number of carbonyl (C=O) groups excluding carboxylic acids is 1. The van der Waals surface area contributed by atoms with Crippen LogP contribution in [0.15, 0.2) is 0 Å². The maximum atomic E-state index is 11.0. The summed E-state index contributed by atoms with van der Waals surface area (Å²) in [5, 5.41) is 0. The number of carbonyl (C=O) groups is 1. The molecule has 0 amide bonds. The highest BCUT2D eigenvalue weighted by molar-refractivity contribution is 7.97. The molecule has 3 heteroatoms. The maximum Gasteiger partial charge on any atom is 0.181 e. The summed E-state index contributed by atoms with van der Waals surface area (Å²) in [6.45, 7) is 1.96. The lowest BCUT2D eigenvalue weighted by Crippen LogP contribution is -3.00. The average molecular weight is 239 g/mol. The Bertz CT molecular complexity index is 121. The molecular weight excluding hydrogens is 224 g/mol. The van der Waals surface area contributed by atoms with Gasteiger partial charge < -0.3 is 17.0 Å². The molecule has 66 valence electrons. The molecule has 0 aliphatic carbocycles. The van der Waals surface area contributed by atoms with Crippen LogP contribution in [0.1, 0.15) is 26.2 Å². The molecule has 0 atom stereocenters. The maximum absolute atomic E-state index is 11.0. The quantitative estimate of drug-likeness (QED) is 0.541. The van der Waals surface area contributed by atoms with E-state index in [1.165, 1.54) is 24.3 Å². The van der Waals surface area contributed by atoms with Crippen molar-refractivity contribution in [2.75, 3.05) is 17.3 Å². The molecule has 0 saturated carbocycles. The molecule has 1 heterocycles. The highest BCUT2D eigenvalue weighted by Crippen LogP contribution is 2.13. The van der Waals surface area contributed by atoms with Crippen LogP contribution < -0.4 is 17.0 Å². The van der Waals surface area contributed by atoms with Gasteiger partial charge in [-0.15, -0.1) is 0 Å². The van der Waals surface area contributed by atoms with E-state index in [1.807, 2.05) is 6.92 Å². The summed E-state index contributed by atoms with van der Waals surface area (Å²) in [5.74, 6) is 4.00. The van der Waals surface area contributed by atoms with E-state index >= 15 is 0 Å². The van der Waals surface area contributed by atoms with Crippen LogP contribution >= 0.6 is 0 Å². The Morgan fingerprint density at radius 1 is 1.36 bits per heavy atom. The molecule has 0 N–H and O–H groups in total. The van der Waals surface area contributed by atoms with Gasteiger partial charge in [-0.2, -0.15) is 0 Å². The first kappa shape index (κ1) is 11.5. The highest BCUT2D eigenvalue weighted by Gasteiger charge is 2.25. The van der Waals surface area contributed by atoms with E-state index in [1.54, 1.807) is 0 Å². The first-order valence-electron chi connectivity index (χ1n) is 3.98. The number of rotatable bonds is 3. The smallest absolute Gasteiger partial charge is 0.181 e. The minimum Gasteiger partial charge on any atom is -1.00 e. The lowest BCUT2D eigenvalue weighted by Gasteiger charge is -1.96. The first-order chi connectivity index (χ1) is 4.83. The van der Waals surface area contributed by atoms with Crippen LogP contribution in [-0.2, 0) is 15.7 Å². The molecule has 0 radical (unpaired) electrons. The minimum absolute atomic E-state index is 0. The van der Waals surface area contributed by atoms with E-state index in [-0.39, 0.29) is 17.0 Å². The van der Waals surface area contributed by atoms with E-state index in [0.717, 1.165) is 12.2 Å². The van der Waals surface area contributed by atoms with E-state index in [4.69, 9.17) is 0 Å². The van der Waals surface area contributed by atoms with Gasteiger partial charge >= 0.3 is 0 Å². The van der Waals surface area contributed by atoms with Crippen LogP contribution in [-0.4, -0.2) is 23.0 Å². The van der Waals surface area contributed by atoms with Gasteiger partial charge in [0.15, 0.2) is 11.5 Å². The van der Waals surface area contributed by atoms with Crippen molar-refractivity contribution in [3.8, 4) is 0 Å². The predicted octanol–water partition coefficient (Wildman–Crippen LogP) is -1.62. The Hall–Kier alpha value is 0.500. The summed E-state index contributed by atoms with van der Waals surface area (Å²) in [4.78, 5) is 11.0. The van der Waals surface area contributed by atoms with Gasteiger partial charge in [0.1, 0.15) is 11.5 Å². The topological polar surface area (TPSA) is 17.1 Å². The minimum atomic E-state index is 0. The number of hydrogen-bond donors (Lipinski definition) is 0. The zero-order chi connectivity index (χ0) is 7.40. The fraction of sp³-hybridized carbons (Fsp3) is 0.875. The number of Topliss-reactive ketones (excluding diaryl/α,β-unsaturated/α-hetero) is 1. The van der Waals surface area contributed by atoms with E-state index < -0.39 is 0 Å². The van der Waals surface area contributed by atoms with Crippen LogP contribution in [0.5, 0.6) is 0 Å². The van der Waals surface area contributed by atoms with Crippen molar-refractivity contribution in [1.29, 1.82) is 0 Å². The second kappa shape index (κ2) is 6.06. The molecule has 1 fully saturated rings. The normalized spacial score (nSPS) is 17.9. The Morgan fingerprint density at radius 2 is 1.91 bits per heavy atom. The Balaban J connectivity index is 0.000001000. The Labute approximate surface area is 82.1 Å². The summed E-state index contributed by atoms with van der Waals surface area (Å²) >= 11 is 0. The second-order valence-corrected chi connectivity index (χ2v) is 5.09. The molecule has 1 nitrogen and oxygen atoms in total. The third kappa shape index (κ3) is 4.16. The molecule has 11 heavy (non-hydrogen) atoms. The van der Waals surface area contributed by atoms with Crippen LogP contribution in [0, 0.1) is 0 Å². The lowest BCUT2D eigenvalue weighted by atomic mass is 10.4. The summed E-state index contributed by atoms with van der Waals surface area (Å²) < 4.78 is 0. The van der Waals surface area contributed by atoms with Gasteiger partial charge in [-0.1, -0.05) is 6.92 Å². The Morgan fingerprint density at radius 3 is 2.36 bits per heavy atom. The fourth-order valence-corrected chi connectivity index (χ4v) is 3.57. The summed E-state index contributed by atoms with van der Waals surface area (Å²) in [6, 6.07) is 0. The van der Waals surface area contributed by atoms with Crippen molar-refractivity contribution in [2.24, 2.45) is 0 Å². The Kier molecular flexibility index (Phi) is 6.34. The molecule has 1 aliphatic heterocycles. The molecule has 1 aliphatic rings.